The van der Waals surface area contributed by atoms with Gasteiger partial charge in [0.25, 0.3) is 5.91 Å². The smallest absolute Gasteiger partial charge is 0.254 e. The van der Waals surface area contributed by atoms with Crippen LogP contribution in [0, 0.1) is 0 Å². The number of anilines is 1. The van der Waals surface area contributed by atoms with E-state index in [4.69, 9.17) is 0 Å². The van der Waals surface area contributed by atoms with Crippen LogP contribution in [0.25, 0.3) is 0 Å². The predicted molar refractivity (Wildman–Crippen MR) is 89.5 cm³/mol. The van der Waals surface area contributed by atoms with Gasteiger partial charge < -0.3 is 15.5 Å². The minimum atomic E-state index is 0.0383. The minimum absolute atomic E-state index is 0.0383. The molecule has 2 N–H and O–H groups in total. The van der Waals surface area contributed by atoms with Gasteiger partial charge in [-0.15, -0.1) is 0 Å². The first-order chi connectivity index (χ1) is 11.3. The lowest BCUT2D eigenvalue weighted by Gasteiger charge is -2.36. The quantitative estimate of drug-likeness (QED) is 0.889. The largest absolute Gasteiger partial charge is 0.384 e. The van der Waals surface area contributed by atoms with Gasteiger partial charge in [0.1, 0.15) is 0 Å². The summed E-state index contributed by atoms with van der Waals surface area (Å²) in [5.41, 5.74) is 4.26. The lowest BCUT2D eigenvalue weighted by Crippen LogP contribution is -2.48. The highest BCUT2D eigenvalue weighted by Gasteiger charge is 2.29. The van der Waals surface area contributed by atoms with E-state index in [1.54, 1.807) is 6.20 Å². The third-order valence-corrected chi connectivity index (χ3v) is 4.64. The first-order valence-electron chi connectivity index (χ1n) is 8.11. The van der Waals surface area contributed by atoms with Crippen molar-refractivity contribution in [1.82, 2.24) is 15.2 Å². The molecule has 5 heteroatoms. The molecule has 0 spiro atoms. The van der Waals surface area contributed by atoms with Gasteiger partial charge in [-0.2, -0.15) is 0 Å². The van der Waals surface area contributed by atoms with Crippen molar-refractivity contribution in [2.75, 3.05) is 31.5 Å². The van der Waals surface area contributed by atoms with Gasteiger partial charge in [0.15, 0.2) is 0 Å². The SMILES string of the molecule is O=C(c1ccc2c(c1)CCN2)N1CCNCC1c1cccnc1. The van der Waals surface area contributed by atoms with Crippen LogP contribution in [0.4, 0.5) is 5.69 Å². The Balaban J connectivity index is 1.63. The zero-order chi connectivity index (χ0) is 15.6. The average molecular weight is 308 g/mol. The minimum Gasteiger partial charge on any atom is -0.384 e. The Morgan fingerprint density at radius 3 is 3.09 bits per heavy atom. The Morgan fingerprint density at radius 2 is 2.22 bits per heavy atom. The predicted octanol–water partition coefficient (Wildman–Crippen LogP) is 1.84. The molecule has 0 aliphatic carbocycles. The third-order valence-electron chi connectivity index (χ3n) is 4.64. The maximum Gasteiger partial charge on any atom is 0.254 e. The normalized spacial score (nSPS) is 20.0. The molecule has 118 valence electrons. The summed E-state index contributed by atoms with van der Waals surface area (Å²) in [6, 6.07) is 10.0. The Hall–Kier alpha value is -2.40. The highest BCUT2D eigenvalue weighted by molar-refractivity contribution is 5.95. The summed E-state index contributed by atoms with van der Waals surface area (Å²) in [6.07, 6.45) is 4.61. The molecule has 3 heterocycles. The standard InChI is InChI=1S/C18H20N4O/c23-18(14-3-4-16-13(10-14)5-7-21-16)22-9-8-20-12-17(22)15-2-1-6-19-11-15/h1-4,6,10-11,17,20-21H,5,7-9,12H2. The number of piperazine rings is 1. The van der Waals surface area contributed by atoms with Crippen LogP contribution in [0.1, 0.15) is 27.5 Å². The van der Waals surface area contributed by atoms with Crippen LogP contribution < -0.4 is 10.6 Å². The van der Waals surface area contributed by atoms with Gasteiger partial charge in [-0.25, -0.2) is 0 Å². The number of carbonyl (C=O) groups excluding carboxylic acids is 1. The van der Waals surface area contributed by atoms with Crippen LogP contribution in [-0.4, -0.2) is 42.0 Å². The number of benzene rings is 1. The molecule has 23 heavy (non-hydrogen) atoms. The summed E-state index contributed by atoms with van der Waals surface area (Å²) in [5, 5.41) is 6.72. The molecule has 2 aliphatic heterocycles. The first-order valence-corrected chi connectivity index (χ1v) is 8.11. The molecule has 0 bridgehead atoms. The van der Waals surface area contributed by atoms with E-state index in [-0.39, 0.29) is 11.9 Å². The summed E-state index contributed by atoms with van der Waals surface area (Å²) in [5.74, 6) is 0.107. The summed E-state index contributed by atoms with van der Waals surface area (Å²) in [4.78, 5) is 19.2. The molecule has 4 rings (SSSR count). The monoisotopic (exact) mass is 308 g/mol. The highest BCUT2D eigenvalue weighted by atomic mass is 16.2. The van der Waals surface area contributed by atoms with E-state index in [0.29, 0.717) is 6.54 Å². The van der Waals surface area contributed by atoms with Crippen LogP contribution in [0.5, 0.6) is 0 Å². The van der Waals surface area contributed by atoms with E-state index >= 15 is 0 Å². The average Bonchev–Trinajstić information content (AvgIpc) is 3.09. The Bertz CT molecular complexity index is 716. The number of pyridine rings is 1. The second-order valence-electron chi connectivity index (χ2n) is 6.05. The molecule has 1 aromatic heterocycles. The summed E-state index contributed by atoms with van der Waals surface area (Å²) < 4.78 is 0. The van der Waals surface area contributed by atoms with Gasteiger partial charge in [0.2, 0.25) is 0 Å². The van der Waals surface area contributed by atoms with Crippen LogP contribution >= 0.6 is 0 Å². The zero-order valence-electron chi connectivity index (χ0n) is 13.0. The van der Waals surface area contributed by atoms with E-state index in [1.807, 2.05) is 41.4 Å². The molecule has 1 amide bonds. The number of amides is 1. The molecule has 0 radical (unpaired) electrons. The number of nitrogens with zero attached hydrogens (tertiary/aromatic N) is 2. The summed E-state index contributed by atoms with van der Waals surface area (Å²) >= 11 is 0. The number of hydrogen-bond donors (Lipinski definition) is 2. The zero-order valence-corrected chi connectivity index (χ0v) is 13.0. The van der Waals surface area contributed by atoms with E-state index in [1.165, 1.54) is 5.56 Å². The van der Waals surface area contributed by atoms with Gasteiger partial charge in [0.05, 0.1) is 6.04 Å². The van der Waals surface area contributed by atoms with Gasteiger partial charge in [0, 0.05) is 49.8 Å². The van der Waals surface area contributed by atoms with Gasteiger partial charge in [-0.3, -0.25) is 9.78 Å². The second kappa shape index (κ2) is 6.01. The number of aromatic nitrogens is 1. The lowest BCUT2D eigenvalue weighted by atomic mass is 10.0. The molecule has 1 fully saturated rings. The van der Waals surface area contributed by atoms with Crippen molar-refractivity contribution < 1.29 is 4.79 Å². The lowest BCUT2D eigenvalue weighted by molar-refractivity contribution is 0.0634. The van der Waals surface area contributed by atoms with Crippen molar-refractivity contribution in [3.05, 3.63) is 59.4 Å². The molecule has 1 unspecified atom stereocenters. The van der Waals surface area contributed by atoms with Crippen molar-refractivity contribution in [2.24, 2.45) is 0 Å². The molecule has 2 aliphatic rings. The van der Waals surface area contributed by atoms with Crippen molar-refractivity contribution >= 4 is 11.6 Å². The molecule has 1 aromatic carbocycles. The fourth-order valence-corrected chi connectivity index (χ4v) is 3.42. The Kier molecular flexibility index (Phi) is 3.71. The summed E-state index contributed by atoms with van der Waals surface area (Å²) in [7, 11) is 0. The van der Waals surface area contributed by atoms with Gasteiger partial charge in [-0.1, -0.05) is 6.07 Å². The van der Waals surface area contributed by atoms with Crippen LogP contribution in [0.15, 0.2) is 42.7 Å². The number of fused-ring (bicyclic) bond motifs is 1. The number of rotatable bonds is 2. The van der Waals surface area contributed by atoms with Gasteiger partial charge >= 0.3 is 0 Å². The van der Waals surface area contributed by atoms with Crippen molar-refractivity contribution in [3.8, 4) is 0 Å². The number of carbonyl (C=O) groups is 1. The van der Waals surface area contributed by atoms with E-state index < -0.39 is 0 Å². The molecular weight excluding hydrogens is 288 g/mol. The Labute approximate surface area is 135 Å². The molecule has 2 aromatic rings. The van der Waals surface area contributed by atoms with E-state index in [2.05, 4.69) is 15.6 Å². The second-order valence-corrected chi connectivity index (χ2v) is 6.05. The van der Waals surface area contributed by atoms with E-state index in [0.717, 1.165) is 42.9 Å². The number of nitrogens with one attached hydrogen (secondary N) is 2. The molecular formula is C18H20N4O. The van der Waals surface area contributed by atoms with Crippen LogP contribution in [-0.2, 0) is 6.42 Å². The maximum absolute atomic E-state index is 13.0. The number of hydrogen-bond acceptors (Lipinski definition) is 4. The van der Waals surface area contributed by atoms with Crippen molar-refractivity contribution in [3.63, 3.8) is 0 Å². The fourth-order valence-electron chi connectivity index (χ4n) is 3.42. The third kappa shape index (κ3) is 2.68. The fraction of sp³-hybridized carbons (Fsp3) is 0.333. The molecule has 1 saturated heterocycles. The van der Waals surface area contributed by atoms with Crippen LogP contribution in [0.2, 0.25) is 0 Å². The summed E-state index contributed by atoms with van der Waals surface area (Å²) in [6.45, 7) is 3.27. The molecule has 1 atom stereocenters. The Morgan fingerprint density at radius 1 is 1.26 bits per heavy atom. The first kappa shape index (κ1) is 14.2. The van der Waals surface area contributed by atoms with Crippen molar-refractivity contribution in [2.45, 2.75) is 12.5 Å². The highest BCUT2D eigenvalue weighted by Crippen LogP contribution is 2.27. The van der Waals surface area contributed by atoms with Gasteiger partial charge in [-0.05, 0) is 41.8 Å². The van der Waals surface area contributed by atoms with E-state index in [9.17, 15) is 4.79 Å². The molecule has 0 saturated carbocycles. The topological polar surface area (TPSA) is 57.3 Å². The molecule has 5 nitrogen and oxygen atoms in total. The van der Waals surface area contributed by atoms with Crippen molar-refractivity contribution in [1.29, 1.82) is 0 Å². The van der Waals surface area contributed by atoms with Crippen LogP contribution in [0.3, 0.4) is 0 Å². The maximum atomic E-state index is 13.0.